The normalized spacial score (nSPS) is 20.3. The number of hydrogen-bond acceptors (Lipinski definition) is 3. The summed E-state index contributed by atoms with van der Waals surface area (Å²) in [5.74, 6) is -0.259. The summed E-state index contributed by atoms with van der Waals surface area (Å²) in [6.45, 7) is 0. The zero-order chi connectivity index (χ0) is 10.1. The third-order valence-corrected chi connectivity index (χ3v) is 2.78. The van der Waals surface area contributed by atoms with Gasteiger partial charge < -0.3 is 9.30 Å². The maximum absolute atomic E-state index is 11.5. The highest BCUT2D eigenvalue weighted by molar-refractivity contribution is 5.78. The van der Waals surface area contributed by atoms with Crippen LogP contribution in [0.25, 0.3) is 0 Å². The lowest BCUT2D eigenvalue weighted by molar-refractivity contribution is -0.143. The van der Waals surface area contributed by atoms with Gasteiger partial charge in [0, 0.05) is 7.05 Å². The fourth-order valence-electron chi connectivity index (χ4n) is 2.11. The van der Waals surface area contributed by atoms with Crippen LogP contribution in [0.1, 0.15) is 30.1 Å². The number of nitrogens with zero attached hydrogens (tertiary/aromatic N) is 2. The fraction of sp³-hybridized carbons (Fsp3) is 0.600. The number of methoxy groups -OCH3 is 1. The van der Waals surface area contributed by atoms with E-state index in [4.69, 9.17) is 4.74 Å². The lowest BCUT2D eigenvalue weighted by atomic mass is 9.90. The molecule has 1 atom stereocenters. The predicted octanol–water partition coefficient (Wildman–Crippen LogP) is 1.01. The average molecular weight is 194 g/mol. The van der Waals surface area contributed by atoms with Crippen molar-refractivity contribution in [3.8, 4) is 0 Å². The third-order valence-electron chi connectivity index (χ3n) is 2.78. The van der Waals surface area contributed by atoms with Gasteiger partial charge in [0.15, 0.2) is 0 Å². The number of carbonyl (C=O) groups is 1. The van der Waals surface area contributed by atoms with E-state index in [-0.39, 0.29) is 11.9 Å². The minimum absolute atomic E-state index is 0.115. The van der Waals surface area contributed by atoms with Crippen molar-refractivity contribution in [2.75, 3.05) is 7.11 Å². The summed E-state index contributed by atoms with van der Waals surface area (Å²) in [4.78, 5) is 15.8. The molecule has 4 nitrogen and oxygen atoms in total. The highest BCUT2D eigenvalue weighted by Gasteiger charge is 2.30. The minimum Gasteiger partial charge on any atom is -0.469 e. The minimum atomic E-state index is -0.144. The van der Waals surface area contributed by atoms with Gasteiger partial charge in [0.25, 0.3) is 0 Å². The third kappa shape index (κ3) is 1.31. The second-order valence-corrected chi connectivity index (χ2v) is 3.66. The second kappa shape index (κ2) is 3.44. The molecule has 0 radical (unpaired) electrons. The number of imidazole rings is 1. The number of fused-ring (bicyclic) bond motifs is 1. The first-order valence-electron chi connectivity index (χ1n) is 4.82. The van der Waals surface area contributed by atoms with Crippen LogP contribution in [0, 0.1) is 0 Å². The van der Waals surface area contributed by atoms with Crippen LogP contribution in [-0.2, 0) is 23.0 Å². The molecule has 4 heteroatoms. The molecule has 0 spiro atoms. The fourth-order valence-corrected chi connectivity index (χ4v) is 2.11. The van der Waals surface area contributed by atoms with Crippen LogP contribution in [0.3, 0.4) is 0 Å². The van der Waals surface area contributed by atoms with Crippen molar-refractivity contribution in [1.29, 1.82) is 0 Å². The van der Waals surface area contributed by atoms with Crippen LogP contribution >= 0.6 is 0 Å². The van der Waals surface area contributed by atoms with Crippen molar-refractivity contribution < 1.29 is 9.53 Å². The van der Waals surface area contributed by atoms with Crippen molar-refractivity contribution >= 4 is 5.97 Å². The van der Waals surface area contributed by atoms with Gasteiger partial charge in [-0.3, -0.25) is 4.79 Å². The van der Waals surface area contributed by atoms with Gasteiger partial charge in [-0.25, -0.2) is 4.98 Å². The van der Waals surface area contributed by atoms with Crippen molar-refractivity contribution in [2.24, 2.45) is 7.05 Å². The number of aryl methyl sites for hydroxylation is 2. The molecule has 0 amide bonds. The predicted molar refractivity (Wildman–Crippen MR) is 50.9 cm³/mol. The van der Waals surface area contributed by atoms with Crippen LogP contribution in [-0.4, -0.2) is 22.6 Å². The topological polar surface area (TPSA) is 44.1 Å². The smallest absolute Gasteiger partial charge is 0.314 e. The Morgan fingerprint density at radius 3 is 3.21 bits per heavy atom. The number of esters is 1. The summed E-state index contributed by atoms with van der Waals surface area (Å²) in [6, 6.07) is 0. The van der Waals surface area contributed by atoms with Crippen molar-refractivity contribution in [2.45, 2.75) is 25.2 Å². The van der Waals surface area contributed by atoms with Crippen LogP contribution in [0.2, 0.25) is 0 Å². The molecule has 2 rings (SSSR count). The number of hydrogen-bond donors (Lipinski definition) is 0. The van der Waals surface area contributed by atoms with E-state index in [0.717, 1.165) is 30.7 Å². The van der Waals surface area contributed by atoms with Gasteiger partial charge in [0.05, 0.1) is 30.7 Å². The molecule has 0 saturated heterocycles. The van der Waals surface area contributed by atoms with Crippen molar-refractivity contribution in [3.63, 3.8) is 0 Å². The molecule has 1 aliphatic rings. The molecule has 0 N–H and O–H groups in total. The Balaban J connectivity index is 2.38. The van der Waals surface area contributed by atoms with Gasteiger partial charge in [0.2, 0.25) is 0 Å². The van der Waals surface area contributed by atoms with E-state index in [1.54, 1.807) is 6.33 Å². The summed E-state index contributed by atoms with van der Waals surface area (Å²) in [7, 11) is 3.36. The Kier molecular flexibility index (Phi) is 2.27. The van der Waals surface area contributed by atoms with Crippen molar-refractivity contribution in [1.82, 2.24) is 9.55 Å². The van der Waals surface area contributed by atoms with Crippen LogP contribution < -0.4 is 0 Å². The van der Waals surface area contributed by atoms with Gasteiger partial charge in [-0.1, -0.05) is 0 Å². The summed E-state index contributed by atoms with van der Waals surface area (Å²) < 4.78 is 6.72. The Hall–Kier alpha value is -1.32. The zero-order valence-corrected chi connectivity index (χ0v) is 8.49. The van der Waals surface area contributed by atoms with E-state index in [9.17, 15) is 4.79 Å². The summed E-state index contributed by atoms with van der Waals surface area (Å²) in [5.41, 5.74) is 2.08. The summed E-state index contributed by atoms with van der Waals surface area (Å²) in [6.07, 6.45) is 4.64. The molecule has 0 fully saturated rings. The van der Waals surface area contributed by atoms with E-state index in [1.807, 2.05) is 11.6 Å². The molecular weight excluding hydrogens is 180 g/mol. The molecule has 1 aromatic heterocycles. The molecule has 1 aromatic rings. The first kappa shape index (κ1) is 9.24. The van der Waals surface area contributed by atoms with Gasteiger partial charge >= 0.3 is 5.97 Å². The van der Waals surface area contributed by atoms with E-state index < -0.39 is 0 Å². The maximum Gasteiger partial charge on any atom is 0.314 e. The zero-order valence-electron chi connectivity index (χ0n) is 8.49. The lowest BCUT2D eigenvalue weighted by Crippen LogP contribution is -2.21. The van der Waals surface area contributed by atoms with Gasteiger partial charge in [-0.05, 0) is 19.3 Å². The molecule has 0 aromatic carbocycles. The summed E-state index contributed by atoms with van der Waals surface area (Å²) >= 11 is 0. The number of carbonyl (C=O) groups excluding carboxylic acids is 1. The Bertz CT molecular complexity index is 357. The lowest BCUT2D eigenvalue weighted by Gasteiger charge is -2.20. The molecule has 1 unspecified atom stereocenters. The SMILES string of the molecule is COC(=O)C1CCCc2ncn(C)c21. The van der Waals surface area contributed by atoms with Gasteiger partial charge in [-0.15, -0.1) is 0 Å². The van der Waals surface area contributed by atoms with Gasteiger partial charge in [0.1, 0.15) is 0 Å². The van der Waals surface area contributed by atoms with Crippen LogP contribution in [0.15, 0.2) is 6.33 Å². The Morgan fingerprint density at radius 2 is 2.50 bits per heavy atom. The van der Waals surface area contributed by atoms with E-state index >= 15 is 0 Å². The largest absolute Gasteiger partial charge is 0.469 e. The van der Waals surface area contributed by atoms with Crippen molar-refractivity contribution in [3.05, 3.63) is 17.7 Å². The average Bonchev–Trinajstić information content (AvgIpc) is 2.59. The highest BCUT2D eigenvalue weighted by atomic mass is 16.5. The number of aromatic nitrogens is 2. The van der Waals surface area contributed by atoms with Gasteiger partial charge in [-0.2, -0.15) is 0 Å². The number of ether oxygens (including phenoxy) is 1. The first-order chi connectivity index (χ1) is 6.74. The van der Waals surface area contributed by atoms with Crippen LogP contribution in [0.5, 0.6) is 0 Å². The quantitative estimate of drug-likeness (QED) is 0.627. The standard InChI is InChI=1S/C10H14N2O2/c1-12-6-11-8-5-3-4-7(9(8)12)10(13)14-2/h6-7H,3-5H2,1-2H3. The second-order valence-electron chi connectivity index (χ2n) is 3.66. The molecular formula is C10H14N2O2. The monoisotopic (exact) mass is 194 g/mol. The molecule has 14 heavy (non-hydrogen) atoms. The van der Waals surface area contributed by atoms with E-state index in [2.05, 4.69) is 4.98 Å². The highest BCUT2D eigenvalue weighted by Crippen LogP contribution is 2.31. The maximum atomic E-state index is 11.5. The molecule has 1 aliphatic carbocycles. The van der Waals surface area contributed by atoms with E-state index in [0.29, 0.717) is 0 Å². The van der Waals surface area contributed by atoms with Crippen LogP contribution in [0.4, 0.5) is 0 Å². The molecule has 1 heterocycles. The Labute approximate surface area is 82.9 Å². The Morgan fingerprint density at radius 1 is 1.71 bits per heavy atom. The first-order valence-corrected chi connectivity index (χ1v) is 4.82. The molecule has 0 saturated carbocycles. The molecule has 76 valence electrons. The molecule has 0 aliphatic heterocycles. The summed E-state index contributed by atoms with van der Waals surface area (Å²) in [5, 5.41) is 0. The molecule has 0 bridgehead atoms. The number of rotatable bonds is 1. The van der Waals surface area contributed by atoms with E-state index in [1.165, 1.54) is 7.11 Å².